The quantitative estimate of drug-likeness (QED) is 0.168. The number of benzene rings is 3. The van der Waals surface area contributed by atoms with E-state index in [1.54, 1.807) is 18.2 Å². The maximum Gasteiger partial charge on any atom is 0.349 e. The monoisotopic (exact) mass is 512 g/mol. The summed E-state index contributed by atoms with van der Waals surface area (Å²) in [4.78, 5) is 24.6. The topological polar surface area (TPSA) is 97.6 Å². The van der Waals surface area contributed by atoms with Gasteiger partial charge in [-0.2, -0.15) is 5.26 Å². The summed E-state index contributed by atoms with van der Waals surface area (Å²) in [6.07, 6.45) is 1.44. The van der Waals surface area contributed by atoms with Crippen molar-refractivity contribution >= 4 is 18.0 Å². The predicted octanol–water partition coefficient (Wildman–Crippen LogP) is 5.44. The van der Waals surface area contributed by atoms with Gasteiger partial charge in [0.05, 0.1) is 7.11 Å². The van der Waals surface area contributed by atoms with Crippen LogP contribution in [-0.2, 0) is 15.0 Å². The minimum Gasteiger partial charge on any atom is -0.493 e. The molecule has 0 atom stereocenters. The smallest absolute Gasteiger partial charge is 0.349 e. The van der Waals surface area contributed by atoms with Crippen molar-refractivity contribution < 1.29 is 23.8 Å². The maximum absolute atomic E-state index is 12.5. The van der Waals surface area contributed by atoms with Crippen LogP contribution in [0.4, 0.5) is 0 Å². The summed E-state index contributed by atoms with van der Waals surface area (Å²) in [5.74, 6) is -0.0460. The number of hydrogen-bond donors (Lipinski definition) is 1. The summed E-state index contributed by atoms with van der Waals surface area (Å²) >= 11 is 0. The Kier molecular flexibility index (Phi) is 9.28. The van der Waals surface area contributed by atoms with Crippen LogP contribution in [0, 0.1) is 11.3 Å². The lowest BCUT2D eigenvalue weighted by Crippen LogP contribution is -2.30. The number of ether oxygens (including phenoxy) is 3. The number of nitriles is 1. The molecule has 0 saturated heterocycles. The lowest BCUT2D eigenvalue weighted by atomic mass is 9.78. The van der Waals surface area contributed by atoms with E-state index in [4.69, 9.17) is 14.2 Å². The Hall–Kier alpha value is -4.57. The van der Waals surface area contributed by atoms with Gasteiger partial charge in [-0.15, -0.1) is 0 Å². The molecule has 1 amide bonds. The van der Waals surface area contributed by atoms with Gasteiger partial charge in [0.2, 0.25) is 0 Å². The predicted molar refractivity (Wildman–Crippen MR) is 146 cm³/mol. The van der Waals surface area contributed by atoms with Crippen LogP contribution < -0.4 is 19.5 Å². The minimum atomic E-state index is -0.602. The number of rotatable bonds is 10. The maximum atomic E-state index is 12.5. The van der Waals surface area contributed by atoms with E-state index in [2.05, 4.69) is 31.3 Å². The highest BCUT2D eigenvalue weighted by Crippen LogP contribution is 2.32. The molecule has 3 rings (SSSR count). The van der Waals surface area contributed by atoms with Crippen LogP contribution in [0.25, 0.3) is 6.08 Å². The molecule has 0 fully saturated rings. The molecule has 0 unspecified atom stereocenters. The van der Waals surface area contributed by atoms with Crippen molar-refractivity contribution in [1.82, 2.24) is 5.32 Å². The Bertz CT molecular complexity index is 1340. The van der Waals surface area contributed by atoms with Crippen LogP contribution in [0.15, 0.2) is 78.4 Å². The SMILES string of the molecule is COc1cc(/C=C(\C#N)C(=O)NC(C)C)ccc1OC(=O)COc1ccc(C(C)(C)c2ccccc2)cc1. The second kappa shape index (κ2) is 12.6. The number of esters is 1. The second-order valence-electron chi connectivity index (χ2n) is 9.49. The third kappa shape index (κ3) is 7.23. The molecule has 7 heteroatoms. The van der Waals surface area contributed by atoms with Crippen molar-refractivity contribution in [3.8, 4) is 23.3 Å². The molecular formula is C31H32N2O5. The molecule has 0 bridgehead atoms. The Balaban J connectivity index is 1.63. The summed E-state index contributed by atoms with van der Waals surface area (Å²) in [6.45, 7) is 7.65. The summed E-state index contributed by atoms with van der Waals surface area (Å²) in [7, 11) is 1.44. The number of nitrogens with zero attached hydrogens (tertiary/aromatic N) is 1. The molecule has 3 aromatic rings. The highest BCUT2D eigenvalue weighted by Gasteiger charge is 2.22. The van der Waals surface area contributed by atoms with Crippen LogP contribution in [-0.4, -0.2) is 31.6 Å². The lowest BCUT2D eigenvalue weighted by Gasteiger charge is -2.26. The molecule has 7 nitrogen and oxygen atoms in total. The van der Waals surface area contributed by atoms with Gasteiger partial charge in [0.15, 0.2) is 18.1 Å². The van der Waals surface area contributed by atoms with Gasteiger partial charge in [0, 0.05) is 11.5 Å². The summed E-state index contributed by atoms with van der Waals surface area (Å²) in [5.41, 5.74) is 2.65. The molecule has 0 aliphatic carbocycles. The molecule has 0 aromatic heterocycles. The first-order valence-electron chi connectivity index (χ1n) is 12.2. The van der Waals surface area contributed by atoms with E-state index in [1.165, 1.54) is 18.7 Å². The van der Waals surface area contributed by atoms with E-state index in [9.17, 15) is 14.9 Å². The molecule has 196 valence electrons. The highest BCUT2D eigenvalue weighted by atomic mass is 16.6. The molecule has 3 aromatic carbocycles. The molecule has 1 N–H and O–H groups in total. The van der Waals surface area contributed by atoms with Crippen molar-refractivity contribution in [3.05, 3.63) is 95.1 Å². The van der Waals surface area contributed by atoms with Gasteiger partial charge in [-0.25, -0.2) is 4.79 Å². The average molecular weight is 513 g/mol. The third-order valence-corrected chi connectivity index (χ3v) is 5.94. The summed E-state index contributed by atoms with van der Waals surface area (Å²) in [6, 6.07) is 24.4. The first-order chi connectivity index (χ1) is 18.1. The fourth-order valence-corrected chi connectivity index (χ4v) is 3.80. The number of carbonyl (C=O) groups excluding carboxylic acids is 2. The second-order valence-corrected chi connectivity index (χ2v) is 9.49. The minimum absolute atomic E-state index is 0.0444. The summed E-state index contributed by atoms with van der Waals surface area (Å²) < 4.78 is 16.4. The molecular weight excluding hydrogens is 480 g/mol. The van der Waals surface area contributed by atoms with Crippen molar-refractivity contribution in [3.63, 3.8) is 0 Å². The van der Waals surface area contributed by atoms with Crippen molar-refractivity contribution in [2.75, 3.05) is 13.7 Å². The molecule has 0 aliphatic heterocycles. The number of amides is 1. The van der Waals surface area contributed by atoms with E-state index in [0.29, 0.717) is 11.3 Å². The normalized spacial score (nSPS) is 11.4. The number of methoxy groups -OCH3 is 1. The first kappa shape index (κ1) is 28.0. The van der Waals surface area contributed by atoms with E-state index in [0.717, 1.165) is 5.56 Å². The van der Waals surface area contributed by atoms with Crippen LogP contribution in [0.2, 0.25) is 0 Å². The van der Waals surface area contributed by atoms with Gasteiger partial charge < -0.3 is 19.5 Å². The van der Waals surface area contributed by atoms with Gasteiger partial charge in [-0.3, -0.25) is 4.79 Å². The Morgan fingerprint density at radius 2 is 1.63 bits per heavy atom. The largest absolute Gasteiger partial charge is 0.493 e. The van der Waals surface area contributed by atoms with Gasteiger partial charge in [0.1, 0.15) is 17.4 Å². The van der Waals surface area contributed by atoms with Gasteiger partial charge in [-0.05, 0) is 60.9 Å². The third-order valence-electron chi connectivity index (χ3n) is 5.94. The van der Waals surface area contributed by atoms with E-state index >= 15 is 0 Å². The van der Waals surface area contributed by atoms with E-state index in [1.807, 2.05) is 62.4 Å². The van der Waals surface area contributed by atoms with Gasteiger partial charge in [-0.1, -0.05) is 62.4 Å². The van der Waals surface area contributed by atoms with Crippen LogP contribution in [0.5, 0.6) is 17.2 Å². The van der Waals surface area contributed by atoms with Gasteiger partial charge in [0.25, 0.3) is 5.91 Å². The van der Waals surface area contributed by atoms with Gasteiger partial charge >= 0.3 is 5.97 Å². The molecule has 38 heavy (non-hydrogen) atoms. The number of nitrogens with one attached hydrogen (secondary N) is 1. The zero-order chi connectivity index (χ0) is 27.7. The Labute approximate surface area is 223 Å². The molecule has 0 aliphatic rings. The standard InChI is InChI=1S/C31H32N2O5/c1-21(2)33-30(35)23(19-32)17-22-11-16-27(28(18-22)36-5)38-29(34)20-37-26-14-12-25(13-15-26)31(3,4)24-9-7-6-8-10-24/h6-18,21H,20H2,1-5H3,(H,33,35)/b23-17+. The average Bonchev–Trinajstić information content (AvgIpc) is 2.91. The highest BCUT2D eigenvalue weighted by molar-refractivity contribution is 6.01. The fourth-order valence-electron chi connectivity index (χ4n) is 3.80. The molecule has 0 radical (unpaired) electrons. The lowest BCUT2D eigenvalue weighted by molar-refractivity contribution is -0.136. The van der Waals surface area contributed by atoms with Crippen molar-refractivity contribution in [2.45, 2.75) is 39.2 Å². The number of carbonyl (C=O) groups is 2. The van der Waals surface area contributed by atoms with Crippen LogP contribution in [0.3, 0.4) is 0 Å². The van der Waals surface area contributed by atoms with Crippen LogP contribution in [0.1, 0.15) is 44.4 Å². The molecule has 0 heterocycles. The van der Waals surface area contributed by atoms with Crippen molar-refractivity contribution in [1.29, 1.82) is 5.26 Å². The zero-order valence-corrected chi connectivity index (χ0v) is 22.3. The zero-order valence-electron chi connectivity index (χ0n) is 22.3. The Morgan fingerprint density at radius 1 is 0.974 bits per heavy atom. The summed E-state index contributed by atoms with van der Waals surface area (Å²) in [5, 5.41) is 12.0. The molecule has 0 saturated carbocycles. The number of hydrogen-bond acceptors (Lipinski definition) is 6. The fraction of sp³-hybridized carbons (Fsp3) is 0.258. The first-order valence-corrected chi connectivity index (χ1v) is 12.2. The van der Waals surface area contributed by atoms with Crippen molar-refractivity contribution in [2.24, 2.45) is 0 Å². The van der Waals surface area contributed by atoms with Crippen LogP contribution >= 0.6 is 0 Å². The van der Waals surface area contributed by atoms with E-state index < -0.39 is 11.9 Å². The molecule has 0 spiro atoms. The van der Waals surface area contributed by atoms with E-state index in [-0.39, 0.29) is 35.1 Å². The Morgan fingerprint density at radius 3 is 2.24 bits per heavy atom.